The Kier molecular flexibility index (Phi) is 4.33. The van der Waals surface area contributed by atoms with Gasteiger partial charge in [0.15, 0.2) is 0 Å². The first-order valence-corrected chi connectivity index (χ1v) is 9.28. The molecule has 0 radical (unpaired) electrons. The van der Waals surface area contributed by atoms with E-state index in [2.05, 4.69) is 4.72 Å². The molecule has 0 bridgehead atoms. The Bertz CT molecular complexity index is 562. The summed E-state index contributed by atoms with van der Waals surface area (Å²) in [6.07, 6.45) is 5.61. The Morgan fingerprint density at radius 3 is 2.14 bits per heavy atom. The molecule has 0 aromatic heterocycles. The first-order valence-electron chi connectivity index (χ1n) is 7.79. The average Bonchev–Trinajstić information content (AvgIpc) is 3.34. The minimum Gasteiger partial charge on any atom is -0.396 e. The highest BCUT2D eigenvalue weighted by molar-refractivity contribution is 7.89. The summed E-state index contributed by atoms with van der Waals surface area (Å²) < 4.78 is 27.5. The van der Waals surface area contributed by atoms with Crippen molar-refractivity contribution in [3.05, 3.63) is 29.8 Å². The number of hydrogen-bond donors (Lipinski definition) is 2. The molecule has 2 N–H and O–H groups in total. The van der Waals surface area contributed by atoms with Crippen molar-refractivity contribution < 1.29 is 13.5 Å². The number of aliphatic hydroxyl groups excluding tert-OH is 1. The Labute approximate surface area is 126 Å². The van der Waals surface area contributed by atoms with Gasteiger partial charge in [0.25, 0.3) is 0 Å². The second-order valence-electron chi connectivity index (χ2n) is 6.31. The molecular weight excluding hydrogens is 286 g/mol. The van der Waals surface area contributed by atoms with Crippen molar-refractivity contribution in [2.75, 3.05) is 13.2 Å². The molecule has 0 amide bonds. The standard InChI is InChI=1S/C16H23NO3S/c18-10-9-12-1-7-15(8-2-12)21(19,20)17-11-16(13-3-4-13)14-5-6-14/h1-2,7-8,13-14,16-18H,3-6,9-11H2. The van der Waals surface area contributed by atoms with Crippen LogP contribution in [0.4, 0.5) is 0 Å². The Hall–Kier alpha value is -0.910. The summed E-state index contributed by atoms with van der Waals surface area (Å²) in [5.74, 6) is 2.02. The Morgan fingerprint density at radius 1 is 1.10 bits per heavy atom. The van der Waals surface area contributed by atoms with E-state index in [0.29, 0.717) is 23.8 Å². The highest BCUT2D eigenvalue weighted by Crippen LogP contribution is 2.48. The largest absolute Gasteiger partial charge is 0.396 e. The third-order valence-electron chi connectivity index (χ3n) is 4.60. The van der Waals surface area contributed by atoms with E-state index in [4.69, 9.17) is 5.11 Å². The smallest absolute Gasteiger partial charge is 0.240 e. The summed E-state index contributed by atoms with van der Waals surface area (Å²) in [7, 11) is -3.41. The molecule has 0 unspecified atom stereocenters. The lowest BCUT2D eigenvalue weighted by Crippen LogP contribution is -2.31. The van der Waals surface area contributed by atoms with E-state index in [-0.39, 0.29) is 6.61 Å². The van der Waals surface area contributed by atoms with Crippen LogP contribution < -0.4 is 4.72 Å². The van der Waals surface area contributed by atoms with Gasteiger partial charge in [-0.25, -0.2) is 13.1 Å². The number of rotatable bonds is 8. The maximum absolute atomic E-state index is 12.3. The van der Waals surface area contributed by atoms with Crippen molar-refractivity contribution in [3.8, 4) is 0 Å². The molecular formula is C16H23NO3S. The van der Waals surface area contributed by atoms with Gasteiger partial charge in [-0.2, -0.15) is 0 Å². The van der Waals surface area contributed by atoms with E-state index in [0.717, 1.165) is 17.4 Å². The molecule has 0 atom stereocenters. The van der Waals surface area contributed by atoms with Crippen LogP contribution in [0, 0.1) is 17.8 Å². The maximum Gasteiger partial charge on any atom is 0.240 e. The van der Waals surface area contributed by atoms with E-state index in [9.17, 15) is 8.42 Å². The minimum atomic E-state index is -3.41. The Morgan fingerprint density at radius 2 is 1.67 bits per heavy atom. The van der Waals surface area contributed by atoms with Crippen LogP contribution in [0.25, 0.3) is 0 Å². The van der Waals surface area contributed by atoms with Gasteiger partial charge in [0, 0.05) is 13.2 Å². The molecule has 0 aliphatic heterocycles. The monoisotopic (exact) mass is 309 g/mol. The lowest BCUT2D eigenvalue weighted by Gasteiger charge is -2.16. The van der Waals surface area contributed by atoms with Crippen LogP contribution in [0.2, 0.25) is 0 Å². The number of nitrogens with one attached hydrogen (secondary N) is 1. The van der Waals surface area contributed by atoms with Crippen LogP contribution in [-0.2, 0) is 16.4 Å². The van der Waals surface area contributed by atoms with Gasteiger partial charge >= 0.3 is 0 Å². The molecule has 0 heterocycles. The predicted molar refractivity (Wildman–Crippen MR) is 81.4 cm³/mol. The van der Waals surface area contributed by atoms with Crippen molar-refractivity contribution in [3.63, 3.8) is 0 Å². The van der Waals surface area contributed by atoms with E-state index >= 15 is 0 Å². The molecule has 116 valence electrons. The molecule has 2 saturated carbocycles. The van der Waals surface area contributed by atoms with Crippen molar-refractivity contribution in [1.29, 1.82) is 0 Å². The van der Waals surface area contributed by atoms with Gasteiger partial charge in [0.05, 0.1) is 4.90 Å². The normalized spacial score (nSPS) is 19.1. The zero-order valence-corrected chi connectivity index (χ0v) is 13.0. The lowest BCUT2D eigenvalue weighted by molar-refractivity contribution is 0.299. The number of hydrogen-bond acceptors (Lipinski definition) is 3. The summed E-state index contributed by atoms with van der Waals surface area (Å²) in [5.41, 5.74) is 0.949. The second-order valence-corrected chi connectivity index (χ2v) is 8.08. The first kappa shape index (κ1) is 15.0. The second kappa shape index (κ2) is 6.07. The molecule has 1 aromatic rings. The van der Waals surface area contributed by atoms with Crippen molar-refractivity contribution >= 4 is 10.0 Å². The topological polar surface area (TPSA) is 66.4 Å². The quantitative estimate of drug-likeness (QED) is 0.771. The van der Waals surface area contributed by atoms with Crippen LogP contribution in [0.3, 0.4) is 0 Å². The van der Waals surface area contributed by atoms with Crippen LogP contribution in [0.5, 0.6) is 0 Å². The molecule has 3 rings (SSSR count). The number of sulfonamides is 1. The van der Waals surface area contributed by atoms with Gasteiger partial charge in [0.2, 0.25) is 10.0 Å². The van der Waals surface area contributed by atoms with Gasteiger partial charge in [0.1, 0.15) is 0 Å². The molecule has 2 aliphatic carbocycles. The van der Waals surface area contributed by atoms with Crippen molar-refractivity contribution in [2.24, 2.45) is 17.8 Å². The van der Waals surface area contributed by atoms with Crippen LogP contribution >= 0.6 is 0 Å². The first-order chi connectivity index (χ1) is 10.1. The molecule has 1 aromatic carbocycles. The van der Waals surface area contributed by atoms with Gasteiger partial charge in [-0.05, 0) is 67.6 Å². The fraction of sp³-hybridized carbons (Fsp3) is 0.625. The molecule has 5 heteroatoms. The maximum atomic E-state index is 12.3. The SMILES string of the molecule is O=S(=O)(NCC(C1CC1)C1CC1)c1ccc(CCO)cc1. The van der Waals surface area contributed by atoms with E-state index in [1.54, 1.807) is 24.3 Å². The third kappa shape index (κ3) is 3.84. The number of benzene rings is 1. The van der Waals surface area contributed by atoms with Crippen molar-refractivity contribution in [2.45, 2.75) is 37.0 Å². The van der Waals surface area contributed by atoms with Gasteiger partial charge in [-0.3, -0.25) is 0 Å². The molecule has 2 aliphatic rings. The summed E-state index contributed by atoms with van der Waals surface area (Å²) in [6.45, 7) is 0.658. The molecule has 0 spiro atoms. The third-order valence-corrected chi connectivity index (χ3v) is 6.04. The molecule has 0 saturated heterocycles. The minimum absolute atomic E-state index is 0.0782. The van der Waals surface area contributed by atoms with Crippen LogP contribution in [0.15, 0.2) is 29.2 Å². The van der Waals surface area contributed by atoms with E-state index in [1.165, 1.54) is 25.7 Å². The van der Waals surface area contributed by atoms with Crippen molar-refractivity contribution in [1.82, 2.24) is 4.72 Å². The predicted octanol–water partition coefficient (Wildman–Crippen LogP) is 1.94. The summed E-state index contributed by atoms with van der Waals surface area (Å²) >= 11 is 0. The Balaban J connectivity index is 1.62. The van der Waals surface area contributed by atoms with Gasteiger partial charge in [-0.15, -0.1) is 0 Å². The zero-order chi connectivity index (χ0) is 14.9. The zero-order valence-electron chi connectivity index (χ0n) is 12.2. The van der Waals surface area contributed by atoms with Gasteiger partial charge < -0.3 is 5.11 Å². The van der Waals surface area contributed by atoms with Crippen LogP contribution in [0.1, 0.15) is 31.2 Å². The summed E-state index contributed by atoms with van der Waals surface area (Å²) in [4.78, 5) is 0.314. The highest BCUT2D eigenvalue weighted by Gasteiger charge is 2.41. The fourth-order valence-electron chi connectivity index (χ4n) is 3.02. The molecule has 4 nitrogen and oxygen atoms in total. The van der Waals surface area contributed by atoms with Gasteiger partial charge in [-0.1, -0.05) is 12.1 Å². The molecule has 21 heavy (non-hydrogen) atoms. The number of aliphatic hydroxyl groups is 1. The molecule has 2 fully saturated rings. The van der Waals surface area contributed by atoms with E-state index in [1.807, 2.05) is 0 Å². The lowest BCUT2D eigenvalue weighted by atomic mass is 9.99. The average molecular weight is 309 g/mol. The van der Waals surface area contributed by atoms with E-state index < -0.39 is 10.0 Å². The summed E-state index contributed by atoms with van der Waals surface area (Å²) in [5, 5.41) is 8.88. The van der Waals surface area contributed by atoms with Crippen LogP contribution in [-0.4, -0.2) is 26.7 Å². The summed E-state index contributed by atoms with van der Waals surface area (Å²) in [6, 6.07) is 6.78. The fourth-order valence-corrected chi connectivity index (χ4v) is 4.09. The highest BCUT2D eigenvalue weighted by atomic mass is 32.2.